The number of halogens is 1. The van der Waals surface area contributed by atoms with Gasteiger partial charge in [0.1, 0.15) is 0 Å². The Morgan fingerprint density at radius 3 is 2.41 bits per heavy atom. The van der Waals surface area contributed by atoms with Crippen molar-refractivity contribution in [2.24, 2.45) is 7.05 Å². The second-order valence-electron chi connectivity index (χ2n) is 7.28. The van der Waals surface area contributed by atoms with E-state index in [1.165, 1.54) is 5.39 Å². The summed E-state index contributed by atoms with van der Waals surface area (Å²) >= 11 is 6.10. The van der Waals surface area contributed by atoms with Crippen molar-refractivity contribution in [1.82, 2.24) is 9.88 Å². The fraction of sp³-hybridized carbons (Fsp3) is 0.160. The number of amides is 1. The number of hydrogen-bond donors (Lipinski definition) is 1. The molecule has 4 heteroatoms. The van der Waals surface area contributed by atoms with Gasteiger partial charge < -0.3 is 9.88 Å². The van der Waals surface area contributed by atoms with Gasteiger partial charge in [0.2, 0.25) is 5.91 Å². The van der Waals surface area contributed by atoms with Gasteiger partial charge in [-0.15, -0.1) is 0 Å². The average Bonchev–Trinajstić information content (AvgIpc) is 3.09. The minimum absolute atomic E-state index is 0.0294. The Balaban J connectivity index is 1.63. The first-order valence-electron chi connectivity index (χ1n) is 9.72. The van der Waals surface area contributed by atoms with Crippen LogP contribution in [-0.2, 0) is 18.4 Å². The molecule has 0 unspecified atom stereocenters. The molecule has 4 aromatic rings. The fourth-order valence-corrected chi connectivity index (χ4v) is 3.93. The van der Waals surface area contributed by atoms with E-state index in [4.69, 9.17) is 11.6 Å². The van der Waals surface area contributed by atoms with E-state index in [2.05, 4.69) is 28.2 Å². The van der Waals surface area contributed by atoms with E-state index in [-0.39, 0.29) is 11.8 Å². The van der Waals surface area contributed by atoms with Gasteiger partial charge in [0.25, 0.3) is 0 Å². The highest BCUT2D eigenvalue weighted by atomic mass is 35.5. The summed E-state index contributed by atoms with van der Waals surface area (Å²) in [5.74, 6) is -0.0177. The maximum absolute atomic E-state index is 12.8. The number of nitrogens with zero attached hydrogens (tertiary/aromatic N) is 1. The lowest BCUT2D eigenvalue weighted by Crippen LogP contribution is -2.25. The molecule has 146 valence electrons. The van der Waals surface area contributed by atoms with Crippen LogP contribution in [0.3, 0.4) is 0 Å². The van der Waals surface area contributed by atoms with Crippen molar-refractivity contribution < 1.29 is 4.79 Å². The molecule has 29 heavy (non-hydrogen) atoms. The molecule has 1 N–H and O–H groups in total. The summed E-state index contributed by atoms with van der Waals surface area (Å²) in [7, 11) is 2.04. The molecule has 0 spiro atoms. The lowest BCUT2D eigenvalue weighted by atomic mass is 9.88. The van der Waals surface area contributed by atoms with Gasteiger partial charge in [0, 0.05) is 48.1 Å². The summed E-state index contributed by atoms with van der Waals surface area (Å²) in [5.41, 5.74) is 4.49. The van der Waals surface area contributed by atoms with Gasteiger partial charge in [-0.05, 0) is 34.9 Å². The molecular weight excluding hydrogens is 380 g/mol. The number of nitrogens with one attached hydrogen (secondary N) is 1. The zero-order valence-corrected chi connectivity index (χ0v) is 17.1. The Morgan fingerprint density at radius 1 is 0.966 bits per heavy atom. The maximum atomic E-state index is 12.8. The molecule has 4 rings (SSSR count). The van der Waals surface area contributed by atoms with Crippen LogP contribution >= 0.6 is 11.6 Å². The van der Waals surface area contributed by atoms with Crippen molar-refractivity contribution >= 4 is 28.4 Å². The predicted molar refractivity (Wildman–Crippen MR) is 119 cm³/mol. The first kappa shape index (κ1) is 19.3. The average molecular weight is 403 g/mol. The van der Waals surface area contributed by atoms with E-state index >= 15 is 0 Å². The summed E-state index contributed by atoms with van der Waals surface area (Å²) in [6.07, 6.45) is 2.51. The molecule has 0 radical (unpaired) electrons. The highest BCUT2D eigenvalue weighted by molar-refractivity contribution is 6.30. The standard InChI is InChI=1S/C25H23ClN2O/c1-28-17-23(21-9-5-6-10-24(21)28)22(19-11-13-20(26)14-12-19)15-25(29)27-16-18-7-3-2-4-8-18/h2-14,17,22H,15-16H2,1H3,(H,27,29)/t22-/m0/s1. The van der Waals surface area contributed by atoms with Crippen LogP contribution in [0.25, 0.3) is 10.9 Å². The van der Waals surface area contributed by atoms with Crippen LogP contribution in [-0.4, -0.2) is 10.5 Å². The summed E-state index contributed by atoms with van der Waals surface area (Å²) in [6.45, 7) is 0.530. The van der Waals surface area contributed by atoms with Crippen LogP contribution in [0.2, 0.25) is 5.02 Å². The normalized spacial score (nSPS) is 12.1. The molecular formula is C25H23ClN2O. The number of aryl methyl sites for hydroxylation is 1. The maximum Gasteiger partial charge on any atom is 0.221 e. The van der Waals surface area contributed by atoms with E-state index in [1.54, 1.807) is 0 Å². The molecule has 0 fully saturated rings. The Morgan fingerprint density at radius 2 is 1.66 bits per heavy atom. The summed E-state index contributed by atoms with van der Waals surface area (Å²) < 4.78 is 2.12. The highest BCUT2D eigenvalue weighted by Gasteiger charge is 2.22. The SMILES string of the molecule is Cn1cc([C@@H](CC(=O)NCc2ccccc2)c2ccc(Cl)cc2)c2ccccc21. The minimum Gasteiger partial charge on any atom is -0.352 e. The number of carbonyl (C=O) groups excluding carboxylic acids is 1. The Kier molecular flexibility index (Phi) is 5.68. The van der Waals surface area contributed by atoms with Crippen molar-refractivity contribution in [2.45, 2.75) is 18.9 Å². The Hall–Kier alpha value is -3.04. The molecule has 0 aliphatic heterocycles. The van der Waals surface area contributed by atoms with Crippen LogP contribution in [0, 0.1) is 0 Å². The lowest BCUT2D eigenvalue weighted by molar-refractivity contribution is -0.121. The van der Waals surface area contributed by atoms with Crippen LogP contribution in [0.15, 0.2) is 85.1 Å². The van der Waals surface area contributed by atoms with Crippen LogP contribution < -0.4 is 5.32 Å². The topological polar surface area (TPSA) is 34.0 Å². The number of hydrogen-bond acceptors (Lipinski definition) is 1. The second-order valence-corrected chi connectivity index (χ2v) is 7.72. The van der Waals surface area contributed by atoms with Crippen LogP contribution in [0.5, 0.6) is 0 Å². The monoisotopic (exact) mass is 402 g/mol. The van der Waals surface area contributed by atoms with Crippen LogP contribution in [0.1, 0.15) is 29.0 Å². The number of fused-ring (bicyclic) bond motifs is 1. The third kappa shape index (κ3) is 4.36. The zero-order valence-electron chi connectivity index (χ0n) is 16.3. The third-order valence-corrected chi connectivity index (χ3v) is 5.55. The van der Waals surface area contributed by atoms with E-state index in [0.717, 1.165) is 22.2 Å². The van der Waals surface area contributed by atoms with E-state index in [1.807, 2.05) is 73.8 Å². The molecule has 0 saturated carbocycles. The number of rotatable bonds is 6. The molecule has 0 bridgehead atoms. The smallest absolute Gasteiger partial charge is 0.221 e. The molecule has 1 amide bonds. The third-order valence-electron chi connectivity index (χ3n) is 5.30. The number of carbonyl (C=O) groups is 1. The van der Waals surface area contributed by atoms with Crippen molar-refractivity contribution in [3.8, 4) is 0 Å². The van der Waals surface area contributed by atoms with E-state index < -0.39 is 0 Å². The Labute approximate surface area is 175 Å². The number of aromatic nitrogens is 1. The Bertz CT molecular complexity index is 1120. The first-order valence-corrected chi connectivity index (χ1v) is 10.1. The van der Waals surface area contributed by atoms with Gasteiger partial charge >= 0.3 is 0 Å². The summed E-state index contributed by atoms with van der Waals surface area (Å²) in [5, 5.41) is 4.93. The second kappa shape index (κ2) is 8.54. The molecule has 3 aromatic carbocycles. The molecule has 3 nitrogen and oxygen atoms in total. The van der Waals surface area contributed by atoms with E-state index in [9.17, 15) is 4.79 Å². The van der Waals surface area contributed by atoms with Gasteiger partial charge in [-0.2, -0.15) is 0 Å². The van der Waals surface area contributed by atoms with Crippen molar-refractivity contribution in [1.29, 1.82) is 0 Å². The van der Waals surface area contributed by atoms with Gasteiger partial charge in [-0.3, -0.25) is 4.79 Å². The lowest BCUT2D eigenvalue weighted by Gasteiger charge is -2.17. The summed E-state index contributed by atoms with van der Waals surface area (Å²) in [6, 6.07) is 26.1. The van der Waals surface area contributed by atoms with Crippen molar-refractivity contribution in [3.63, 3.8) is 0 Å². The molecule has 1 atom stereocenters. The van der Waals surface area contributed by atoms with Gasteiger partial charge in [-0.25, -0.2) is 0 Å². The molecule has 0 aliphatic carbocycles. The van der Waals surface area contributed by atoms with E-state index in [0.29, 0.717) is 18.0 Å². The van der Waals surface area contributed by atoms with Gasteiger partial charge in [0.15, 0.2) is 0 Å². The predicted octanol–water partition coefficient (Wildman–Crippen LogP) is 5.67. The molecule has 1 heterocycles. The van der Waals surface area contributed by atoms with Crippen molar-refractivity contribution in [2.75, 3.05) is 0 Å². The molecule has 0 aliphatic rings. The number of benzene rings is 3. The zero-order chi connectivity index (χ0) is 20.2. The number of para-hydroxylation sites is 1. The van der Waals surface area contributed by atoms with Gasteiger partial charge in [-0.1, -0.05) is 72.3 Å². The fourth-order valence-electron chi connectivity index (χ4n) is 3.81. The highest BCUT2D eigenvalue weighted by Crippen LogP contribution is 2.34. The molecule has 1 aromatic heterocycles. The van der Waals surface area contributed by atoms with Crippen molar-refractivity contribution in [3.05, 3.63) is 107 Å². The van der Waals surface area contributed by atoms with Gasteiger partial charge in [0.05, 0.1) is 0 Å². The van der Waals surface area contributed by atoms with Crippen LogP contribution in [0.4, 0.5) is 0 Å². The molecule has 0 saturated heterocycles. The first-order chi connectivity index (χ1) is 14.1. The quantitative estimate of drug-likeness (QED) is 0.443. The largest absolute Gasteiger partial charge is 0.352 e. The summed E-state index contributed by atoms with van der Waals surface area (Å²) in [4.78, 5) is 12.8. The minimum atomic E-state index is -0.0471.